The van der Waals surface area contributed by atoms with Crippen molar-refractivity contribution < 1.29 is 50.5 Å². The molecule has 4 bridgehead atoms. The Morgan fingerprint density at radius 1 is 0.926 bits per heavy atom. The number of carbonyl (C=O) groups excluding carboxylic acids is 1. The third-order valence-electron chi connectivity index (χ3n) is 4.36. The van der Waals surface area contributed by atoms with Gasteiger partial charge in [-0.2, -0.15) is 4.72 Å². The molecule has 27 heavy (non-hydrogen) atoms. The highest BCUT2D eigenvalue weighted by atomic mass is 32.2. The summed E-state index contributed by atoms with van der Waals surface area (Å²) in [6, 6.07) is 1.73. The van der Waals surface area contributed by atoms with E-state index in [2.05, 4.69) is 0 Å². The molecule has 0 radical (unpaired) electrons. The molecule has 0 saturated heterocycles. The Kier molecular flexibility index (Phi) is 4.33. The quantitative estimate of drug-likeness (QED) is 0.301. The minimum atomic E-state index is -5.26. The second-order valence-corrected chi connectivity index (χ2v) is 11.6. The number of benzene rings is 1. The van der Waals surface area contributed by atoms with Crippen LogP contribution in [0.3, 0.4) is 0 Å². The van der Waals surface area contributed by atoms with E-state index < -0.39 is 79.3 Å². The van der Waals surface area contributed by atoms with Crippen LogP contribution in [0, 0.1) is 0 Å². The standard InChI is InChI=1S/C12H13NO11S3/c14-4-8(15)9(16)10(17)12-11(18)25(19,20)5-1-6(26(12,21)22)3-7(2-5)27(23,24)13-12/h1-3,8-10,13-17H,4H2/t8-,9-,10+,12+/m1/s1. The largest absolute Gasteiger partial charge is 0.394 e. The molecular formula is C12H13NO11S3. The van der Waals surface area contributed by atoms with Gasteiger partial charge in [0.05, 0.1) is 21.3 Å². The van der Waals surface area contributed by atoms with Gasteiger partial charge in [-0.25, -0.2) is 25.3 Å². The smallest absolute Gasteiger partial charge is 0.290 e. The first-order valence-corrected chi connectivity index (χ1v) is 11.6. The van der Waals surface area contributed by atoms with Gasteiger partial charge in [-0.3, -0.25) is 4.79 Å². The molecule has 4 atom stereocenters. The molecule has 0 fully saturated rings. The summed E-state index contributed by atoms with van der Waals surface area (Å²) in [6.45, 7) is -1.21. The molecule has 0 amide bonds. The van der Waals surface area contributed by atoms with Crippen LogP contribution in [0.1, 0.15) is 0 Å². The van der Waals surface area contributed by atoms with Crippen LogP contribution in [0.2, 0.25) is 0 Å². The van der Waals surface area contributed by atoms with Crippen molar-refractivity contribution in [2.24, 2.45) is 0 Å². The van der Waals surface area contributed by atoms with Gasteiger partial charge in [0.15, 0.2) is 0 Å². The molecule has 1 aromatic carbocycles. The predicted octanol–water partition coefficient (Wildman–Crippen LogP) is -4.16. The Balaban J connectivity index is 2.49. The SMILES string of the molecule is O=C1[C@@]2([C@@H](O)[C@H](O)[C@H](O)CO)NS(=O)(=O)c3cc(cc(c3)S2(=O)=O)S1(=O)=O. The molecule has 0 aliphatic carbocycles. The first-order valence-electron chi connectivity index (χ1n) is 7.12. The number of aliphatic hydroxyl groups is 4. The van der Waals surface area contributed by atoms with Crippen LogP contribution in [0.5, 0.6) is 0 Å². The second-order valence-electron chi connectivity index (χ2n) is 5.96. The summed E-state index contributed by atoms with van der Waals surface area (Å²) in [5.74, 6) is 0. The van der Waals surface area contributed by atoms with Crippen LogP contribution in [0.25, 0.3) is 0 Å². The van der Waals surface area contributed by atoms with Crippen molar-refractivity contribution in [3.05, 3.63) is 18.2 Å². The van der Waals surface area contributed by atoms with Gasteiger partial charge in [-0.05, 0) is 18.2 Å². The average Bonchev–Trinajstić information content (AvgIpc) is 2.67. The van der Waals surface area contributed by atoms with E-state index in [-0.39, 0.29) is 0 Å². The predicted molar refractivity (Wildman–Crippen MR) is 84.0 cm³/mol. The molecule has 0 aromatic heterocycles. The van der Waals surface area contributed by atoms with Crippen LogP contribution in [0.15, 0.2) is 32.9 Å². The summed E-state index contributed by atoms with van der Waals surface area (Å²) >= 11 is 0. The number of aliphatic hydroxyl groups excluding tert-OH is 4. The molecular weight excluding hydrogens is 430 g/mol. The monoisotopic (exact) mass is 443 g/mol. The first-order chi connectivity index (χ1) is 12.2. The van der Waals surface area contributed by atoms with E-state index in [9.17, 15) is 45.4 Å². The van der Waals surface area contributed by atoms with Crippen LogP contribution in [-0.2, 0) is 34.5 Å². The number of fused-ring (bicyclic) bond motifs is 3. The van der Waals surface area contributed by atoms with Crippen molar-refractivity contribution in [2.45, 2.75) is 37.9 Å². The fraction of sp³-hybridized carbons (Fsp3) is 0.417. The normalized spacial score (nSPS) is 30.3. The zero-order chi connectivity index (χ0) is 20.6. The first kappa shape index (κ1) is 20.3. The van der Waals surface area contributed by atoms with E-state index in [1.807, 2.05) is 0 Å². The third kappa shape index (κ3) is 2.44. The summed E-state index contributed by atoms with van der Waals surface area (Å²) in [6.07, 6.45) is -7.79. The fourth-order valence-electron chi connectivity index (χ4n) is 2.87. The van der Waals surface area contributed by atoms with E-state index in [0.29, 0.717) is 18.2 Å². The molecule has 0 spiro atoms. The Morgan fingerprint density at radius 3 is 2.00 bits per heavy atom. The van der Waals surface area contributed by atoms with Crippen molar-refractivity contribution in [2.75, 3.05) is 6.61 Å². The lowest BCUT2D eigenvalue weighted by molar-refractivity contribution is -0.126. The highest BCUT2D eigenvalue weighted by molar-refractivity contribution is 8.09. The zero-order valence-corrected chi connectivity index (χ0v) is 15.5. The molecule has 2 aliphatic rings. The van der Waals surface area contributed by atoms with Crippen LogP contribution in [0.4, 0.5) is 0 Å². The van der Waals surface area contributed by atoms with Gasteiger partial charge in [0, 0.05) is 0 Å². The molecule has 0 unspecified atom stereocenters. The van der Waals surface area contributed by atoms with Gasteiger partial charge in [-0.15, -0.1) is 0 Å². The van der Waals surface area contributed by atoms with E-state index in [0.717, 1.165) is 0 Å². The van der Waals surface area contributed by atoms with Crippen molar-refractivity contribution in [1.82, 2.24) is 4.72 Å². The van der Waals surface area contributed by atoms with Gasteiger partial charge >= 0.3 is 0 Å². The number of hydrogen-bond donors (Lipinski definition) is 5. The molecule has 5 N–H and O–H groups in total. The molecule has 2 aliphatic heterocycles. The number of rotatable bonds is 4. The third-order valence-corrected chi connectivity index (χ3v) is 9.97. The maximum Gasteiger partial charge on any atom is 0.290 e. The minimum absolute atomic E-state index is 0.553. The van der Waals surface area contributed by atoms with Crippen molar-refractivity contribution in [3.63, 3.8) is 0 Å². The van der Waals surface area contributed by atoms with Crippen LogP contribution >= 0.6 is 0 Å². The Bertz CT molecular complexity index is 1150. The topological polar surface area (TPSA) is 212 Å². The Morgan fingerprint density at radius 2 is 1.44 bits per heavy atom. The number of carbonyl (C=O) groups is 1. The van der Waals surface area contributed by atoms with Gasteiger partial charge in [0.25, 0.3) is 5.12 Å². The number of sulfone groups is 2. The van der Waals surface area contributed by atoms with E-state index >= 15 is 0 Å². The number of sulfonamides is 1. The van der Waals surface area contributed by atoms with Crippen LogP contribution < -0.4 is 4.72 Å². The average molecular weight is 443 g/mol. The van der Waals surface area contributed by atoms with Crippen LogP contribution in [-0.4, -0.2) is 80.6 Å². The molecule has 1 aromatic rings. The van der Waals surface area contributed by atoms with Crippen molar-refractivity contribution in [3.8, 4) is 0 Å². The maximum atomic E-state index is 13.0. The molecule has 12 nitrogen and oxygen atoms in total. The van der Waals surface area contributed by atoms with Crippen molar-refractivity contribution in [1.29, 1.82) is 0 Å². The summed E-state index contributed by atoms with van der Waals surface area (Å²) in [4.78, 5) is 6.36. The van der Waals surface area contributed by atoms with Gasteiger partial charge in [0.1, 0.15) is 18.3 Å². The van der Waals surface area contributed by atoms with E-state index in [1.165, 1.54) is 4.72 Å². The second kappa shape index (κ2) is 5.77. The zero-order valence-electron chi connectivity index (χ0n) is 13.0. The maximum absolute atomic E-state index is 13.0. The molecule has 0 saturated carbocycles. The number of nitrogens with one attached hydrogen (secondary N) is 1. The molecule has 150 valence electrons. The lowest BCUT2D eigenvalue weighted by Gasteiger charge is -2.37. The Hall–Kier alpha value is -1.46. The van der Waals surface area contributed by atoms with E-state index in [1.54, 1.807) is 0 Å². The number of hydrogen-bond acceptors (Lipinski definition) is 11. The highest BCUT2D eigenvalue weighted by Gasteiger charge is 2.67. The van der Waals surface area contributed by atoms with E-state index in [4.69, 9.17) is 5.11 Å². The molecule has 15 heteroatoms. The minimum Gasteiger partial charge on any atom is -0.394 e. The lowest BCUT2D eigenvalue weighted by atomic mass is 10.0. The summed E-state index contributed by atoms with van der Waals surface area (Å²) in [7, 11) is -15.2. The fourth-order valence-corrected chi connectivity index (χ4v) is 8.84. The van der Waals surface area contributed by atoms with Gasteiger partial charge in [-0.1, -0.05) is 0 Å². The van der Waals surface area contributed by atoms with Gasteiger partial charge < -0.3 is 20.4 Å². The summed E-state index contributed by atoms with van der Waals surface area (Å²) in [5.41, 5.74) is 0. The summed E-state index contributed by atoms with van der Waals surface area (Å²) < 4.78 is 77.3. The molecule has 3 rings (SSSR count). The van der Waals surface area contributed by atoms with Crippen molar-refractivity contribution >= 4 is 34.8 Å². The van der Waals surface area contributed by atoms with Gasteiger partial charge in [0.2, 0.25) is 34.6 Å². The highest BCUT2D eigenvalue weighted by Crippen LogP contribution is 2.42. The summed E-state index contributed by atoms with van der Waals surface area (Å²) in [5, 5.41) is 36.5. The lowest BCUT2D eigenvalue weighted by Crippen LogP contribution is -2.70. The Labute approximate surface area is 153 Å². The molecule has 2 heterocycles.